The van der Waals surface area contributed by atoms with Crippen molar-refractivity contribution in [2.24, 2.45) is 0 Å². The molecule has 1 saturated heterocycles. The van der Waals surface area contributed by atoms with Crippen molar-refractivity contribution in [1.82, 2.24) is 19.5 Å². The van der Waals surface area contributed by atoms with Crippen molar-refractivity contribution in [1.29, 1.82) is 0 Å². The number of anilines is 1. The van der Waals surface area contributed by atoms with Gasteiger partial charge in [-0.25, -0.2) is 4.98 Å². The molecule has 1 aromatic carbocycles. The lowest BCUT2D eigenvalue weighted by atomic mass is 10.1. The van der Waals surface area contributed by atoms with Gasteiger partial charge in [0, 0.05) is 6.54 Å². The number of imidazole rings is 1. The first-order chi connectivity index (χ1) is 14.7. The molecule has 4 rings (SSSR count). The number of nitrogens with one attached hydrogen (secondary N) is 1. The minimum absolute atomic E-state index is 0.0455. The summed E-state index contributed by atoms with van der Waals surface area (Å²) in [6.45, 7) is 0.474. The van der Waals surface area contributed by atoms with Crippen LogP contribution in [0, 0.1) is 0 Å². The molecule has 13 heteroatoms. The Labute approximate surface area is 181 Å². The van der Waals surface area contributed by atoms with Crippen LogP contribution in [-0.4, -0.2) is 64.0 Å². The molecule has 0 saturated carbocycles. The van der Waals surface area contributed by atoms with E-state index in [0.717, 1.165) is 5.56 Å². The second-order valence-electron chi connectivity index (χ2n) is 7.23. The summed E-state index contributed by atoms with van der Waals surface area (Å²) >= 11 is 6.09. The third-order valence-corrected chi connectivity index (χ3v) is 6.02. The zero-order valence-corrected chi connectivity index (χ0v) is 17.8. The second-order valence-corrected chi connectivity index (χ2v) is 9.34. The van der Waals surface area contributed by atoms with Gasteiger partial charge in [-0.15, -0.1) is 0 Å². The number of fused-ring (bicyclic) bond motifs is 1. The summed E-state index contributed by atoms with van der Waals surface area (Å²) in [5, 5.41) is 23.9. The van der Waals surface area contributed by atoms with Gasteiger partial charge < -0.3 is 30.1 Å². The Bertz CT molecular complexity index is 1110. The van der Waals surface area contributed by atoms with Crippen LogP contribution >= 0.6 is 19.2 Å². The van der Waals surface area contributed by atoms with Crippen molar-refractivity contribution in [3.05, 3.63) is 47.5 Å². The van der Waals surface area contributed by atoms with Crippen molar-refractivity contribution in [2.75, 3.05) is 11.5 Å². The lowest BCUT2D eigenvalue weighted by molar-refractivity contribution is -0.0355. The molecule has 0 amide bonds. The SMILES string of the molecule is O=P(O)(O)CC[C@H]1O[C@@H](n2cnc3c(NCc4ccccc4)nc(Cl)nc32)C(O)[C@H]1O. The highest BCUT2D eigenvalue weighted by molar-refractivity contribution is 7.51. The van der Waals surface area contributed by atoms with Gasteiger partial charge >= 0.3 is 7.60 Å². The van der Waals surface area contributed by atoms with Gasteiger partial charge in [-0.05, 0) is 23.6 Å². The quantitative estimate of drug-likeness (QED) is 0.251. The summed E-state index contributed by atoms with van der Waals surface area (Å²) in [4.78, 5) is 30.8. The van der Waals surface area contributed by atoms with E-state index in [0.29, 0.717) is 17.9 Å². The highest BCUT2D eigenvalue weighted by Crippen LogP contribution is 2.39. The van der Waals surface area contributed by atoms with Gasteiger partial charge in [0.05, 0.1) is 18.6 Å². The molecular weight excluding hydrogens is 449 g/mol. The van der Waals surface area contributed by atoms with Crippen LogP contribution in [0.2, 0.25) is 5.28 Å². The van der Waals surface area contributed by atoms with E-state index in [9.17, 15) is 14.8 Å². The molecule has 0 spiro atoms. The largest absolute Gasteiger partial charge is 0.388 e. The lowest BCUT2D eigenvalue weighted by Crippen LogP contribution is -2.31. The molecule has 1 unspecified atom stereocenters. The molecule has 3 aromatic rings. The second kappa shape index (κ2) is 8.79. The van der Waals surface area contributed by atoms with E-state index in [1.807, 2.05) is 30.3 Å². The zero-order chi connectivity index (χ0) is 22.2. The van der Waals surface area contributed by atoms with Crippen LogP contribution in [0.15, 0.2) is 36.7 Å². The monoisotopic (exact) mass is 469 g/mol. The molecule has 1 aliphatic heterocycles. The Morgan fingerprint density at radius 1 is 1.16 bits per heavy atom. The number of aliphatic hydroxyl groups is 2. The molecule has 0 aliphatic carbocycles. The molecule has 3 heterocycles. The van der Waals surface area contributed by atoms with E-state index in [2.05, 4.69) is 20.3 Å². The van der Waals surface area contributed by atoms with Crippen molar-refractivity contribution < 1.29 is 29.3 Å². The van der Waals surface area contributed by atoms with E-state index >= 15 is 0 Å². The van der Waals surface area contributed by atoms with Crippen molar-refractivity contribution >= 4 is 36.2 Å². The normalized spacial score (nSPS) is 24.0. The maximum atomic E-state index is 11.1. The fourth-order valence-electron chi connectivity index (χ4n) is 3.47. The number of benzene rings is 1. The molecular formula is C18H21ClN5O6P. The molecule has 1 fully saturated rings. The third kappa shape index (κ3) is 4.88. The summed E-state index contributed by atoms with van der Waals surface area (Å²) in [5.74, 6) is 0.392. The van der Waals surface area contributed by atoms with Crippen LogP contribution in [-0.2, 0) is 15.8 Å². The van der Waals surface area contributed by atoms with Crippen molar-refractivity contribution in [2.45, 2.75) is 37.5 Å². The van der Waals surface area contributed by atoms with Crippen LogP contribution in [0.3, 0.4) is 0 Å². The number of ether oxygens (including phenoxy) is 1. The minimum Gasteiger partial charge on any atom is -0.388 e. The highest BCUT2D eigenvalue weighted by Gasteiger charge is 2.44. The fraction of sp³-hybridized carbons (Fsp3) is 0.389. The van der Waals surface area contributed by atoms with E-state index in [-0.39, 0.29) is 17.4 Å². The predicted octanol–water partition coefficient (Wildman–Crippen LogP) is 1.28. The third-order valence-electron chi connectivity index (χ3n) is 5.01. The Kier molecular flexibility index (Phi) is 6.27. The Morgan fingerprint density at radius 2 is 1.90 bits per heavy atom. The highest BCUT2D eigenvalue weighted by atomic mass is 35.5. The minimum atomic E-state index is -4.27. The van der Waals surface area contributed by atoms with Gasteiger partial charge in [-0.3, -0.25) is 9.13 Å². The summed E-state index contributed by atoms with van der Waals surface area (Å²) in [5.41, 5.74) is 1.70. The van der Waals surface area contributed by atoms with Gasteiger partial charge in [-0.1, -0.05) is 30.3 Å². The lowest BCUT2D eigenvalue weighted by Gasteiger charge is -2.17. The summed E-state index contributed by atoms with van der Waals surface area (Å²) in [6.07, 6.45) is -3.91. The van der Waals surface area contributed by atoms with E-state index in [1.165, 1.54) is 10.9 Å². The molecule has 31 heavy (non-hydrogen) atoms. The topological polar surface area (TPSA) is 163 Å². The van der Waals surface area contributed by atoms with E-state index in [4.69, 9.17) is 26.1 Å². The Balaban J connectivity index is 1.58. The number of hydrogen-bond donors (Lipinski definition) is 5. The first kappa shape index (κ1) is 22.1. The molecule has 4 atom stereocenters. The molecule has 1 aliphatic rings. The van der Waals surface area contributed by atoms with Crippen LogP contribution < -0.4 is 5.32 Å². The maximum absolute atomic E-state index is 11.1. The van der Waals surface area contributed by atoms with Crippen molar-refractivity contribution in [3.8, 4) is 0 Å². The van der Waals surface area contributed by atoms with E-state index in [1.54, 1.807) is 0 Å². The van der Waals surface area contributed by atoms with Gasteiger partial charge in [0.1, 0.15) is 12.2 Å². The number of rotatable bonds is 7. The number of aliphatic hydroxyl groups excluding tert-OH is 2. The van der Waals surface area contributed by atoms with Crippen LogP contribution in [0.25, 0.3) is 11.2 Å². The average Bonchev–Trinajstić information content (AvgIpc) is 3.26. The molecule has 2 aromatic heterocycles. The molecule has 5 N–H and O–H groups in total. The van der Waals surface area contributed by atoms with Crippen LogP contribution in [0.1, 0.15) is 18.2 Å². The van der Waals surface area contributed by atoms with Gasteiger partial charge in [0.25, 0.3) is 0 Å². The smallest absolute Gasteiger partial charge is 0.325 e. The Hall–Kier alpha value is -2.11. The number of halogens is 1. The summed E-state index contributed by atoms with van der Waals surface area (Å²) < 4.78 is 18.3. The van der Waals surface area contributed by atoms with Gasteiger partial charge in [0.15, 0.2) is 23.2 Å². The molecule has 0 bridgehead atoms. The number of nitrogens with zero attached hydrogens (tertiary/aromatic N) is 4. The van der Waals surface area contributed by atoms with Crippen molar-refractivity contribution in [3.63, 3.8) is 0 Å². The Morgan fingerprint density at radius 3 is 2.61 bits per heavy atom. The molecule has 0 radical (unpaired) electrons. The molecule has 166 valence electrons. The van der Waals surface area contributed by atoms with Crippen LogP contribution in [0.4, 0.5) is 5.82 Å². The number of hydrogen-bond acceptors (Lipinski definition) is 8. The predicted molar refractivity (Wildman–Crippen MR) is 112 cm³/mol. The zero-order valence-electron chi connectivity index (χ0n) is 16.1. The van der Waals surface area contributed by atoms with E-state index < -0.39 is 38.3 Å². The standard InChI is InChI=1S/C18H21ClN5O6P/c19-18-22-15(20-8-10-4-2-1-3-5-10)12-16(23-18)24(9-21-12)17-14(26)13(25)11(30-17)6-7-31(27,28)29/h1-5,9,11,13-14,17,25-26H,6-8H2,(H,20,22,23)(H2,27,28,29)/t11-,13+,14?,17-/m1/s1. The first-order valence-corrected chi connectivity index (χ1v) is 11.6. The first-order valence-electron chi connectivity index (χ1n) is 9.47. The van der Waals surface area contributed by atoms with Gasteiger partial charge in [-0.2, -0.15) is 9.97 Å². The van der Waals surface area contributed by atoms with Gasteiger partial charge in [0.2, 0.25) is 5.28 Å². The van der Waals surface area contributed by atoms with Crippen LogP contribution in [0.5, 0.6) is 0 Å². The summed E-state index contributed by atoms with van der Waals surface area (Å²) in [6, 6.07) is 9.66. The average molecular weight is 470 g/mol. The molecule has 11 nitrogen and oxygen atoms in total. The number of aromatic nitrogens is 4. The fourth-order valence-corrected chi connectivity index (χ4v) is 4.23. The maximum Gasteiger partial charge on any atom is 0.325 e. The summed E-state index contributed by atoms with van der Waals surface area (Å²) in [7, 11) is -4.27.